The van der Waals surface area contributed by atoms with Crippen LogP contribution in [0.15, 0.2) is 0 Å². The number of halogens is 3. The summed E-state index contributed by atoms with van der Waals surface area (Å²) in [6, 6.07) is 0. The molecule has 1 aliphatic carbocycles. The number of carboxylic acid groups (broad SMARTS) is 1. The van der Waals surface area contributed by atoms with Gasteiger partial charge in [-0.15, -0.1) is 0 Å². The van der Waals surface area contributed by atoms with Gasteiger partial charge in [0.2, 0.25) is 5.91 Å². The SMILES string of the molecule is O=C(O)C(O)CNC(=O)C1CCCC(C(F)(F)F)C1. The summed E-state index contributed by atoms with van der Waals surface area (Å²) in [5.41, 5.74) is 0. The first-order valence-electron chi connectivity index (χ1n) is 5.97. The Balaban J connectivity index is 2.46. The Bertz CT molecular complexity index is 345. The molecule has 0 aromatic carbocycles. The third-order valence-corrected chi connectivity index (χ3v) is 3.26. The van der Waals surface area contributed by atoms with Gasteiger partial charge in [0, 0.05) is 5.92 Å². The lowest BCUT2D eigenvalue weighted by Gasteiger charge is -2.29. The molecule has 0 aromatic rings. The van der Waals surface area contributed by atoms with Gasteiger partial charge in [-0.1, -0.05) is 6.42 Å². The van der Waals surface area contributed by atoms with Gasteiger partial charge in [-0.05, 0) is 19.3 Å². The smallest absolute Gasteiger partial charge is 0.391 e. The molecule has 1 aliphatic rings. The van der Waals surface area contributed by atoms with E-state index in [0.29, 0.717) is 12.8 Å². The van der Waals surface area contributed by atoms with Crippen molar-refractivity contribution >= 4 is 11.9 Å². The number of alkyl halides is 3. The summed E-state index contributed by atoms with van der Waals surface area (Å²) in [6.45, 7) is -0.499. The van der Waals surface area contributed by atoms with Crippen molar-refractivity contribution < 1.29 is 33.0 Å². The van der Waals surface area contributed by atoms with Crippen molar-refractivity contribution in [1.82, 2.24) is 5.32 Å². The van der Waals surface area contributed by atoms with Crippen molar-refractivity contribution in [2.45, 2.75) is 38.0 Å². The fourth-order valence-electron chi connectivity index (χ4n) is 2.15. The largest absolute Gasteiger partial charge is 0.479 e. The number of aliphatic carboxylic acids is 1. The number of carboxylic acids is 1. The zero-order valence-corrected chi connectivity index (χ0v) is 10.1. The Morgan fingerprint density at radius 3 is 2.47 bits per heavy atom. The number of carbonyl (C=O) groups is 2. The van der Waals surface area contributed by atoms with Crippen LogP contribution in [0.5, 0.6) is 0 Å². The number of nitrogens with one attached hydrogen (secondary N) is 1. The van der Waals surface area contributed by atoms with E-state index in [1.54, 1.807) is 0 Å². The van der Waals surface area contributed by atoms with E-state index < -0.39 is 42.5 Å². The summed E-state index contributed by atoms with van der Waals surface area (Å²) in [7, 11) is 0. The standard InChI is InChI=1S/C11H16F3NO4/c12-11(13,14)7-3-1-2-6(4-7)9(17)15-5-8(16)10(18)19/h6-8,16H,1-5H2,(H,15,17)(H,18,19). The van der Waals surface area contributed by atoms with Crippen LogP contribution in [0.25, 0.3) is 0 Å². The van der Waals surface area contributed by atoms with Gasteiger partial charge >= 0.3 is 12.1 Å². The molecule has 5 nitrogen and oxygen atoms in total. The number of rotatable bonds is 4. The minimum Gasteiger partial charge on any atom is -0.479 e. The number of hydrogen-bond acceptors (Lipinski definition) is 3. The highest BCUT2D eigenvalue weighted by Gasteiger charge is 2.43. The van der Waals surface area contributed by atoms with Crippen molar-refractivity contribution in [1.29, 1.82) is 0 Å². The van der Waals surface area contributed by atoms with Gasteiger partial charge in [-0.2, -0.15) is 13.2 Å². The van der Waals surface area contributed by atoms with Crippen LogP contribution < -0.4 is 5.32 Å². The van der Waals surface area contributed by atoms with Gasteiger partial charge in [0.15, 0.2) is 6.10 Å². The van der Waals surface area contributed by atoms with Crippen LogP contribution in [0.3, 0.4) is 0 Å². The van der Waals surface area contributed by atoms with Crippen molar-refractivity contribution in [3.63, 3.8) is 0 Å². The average Bonchev–Trinajstić information content (AvgIpc) is 2.34. The summed E-state index contributed by atoms with van der Waals surface area (Å²) in [4.78, 5) is 21.9. The minimum atomic E-state index is -4.31. The Hall–Kier alpha value is -1.31. The van der Waals surface area contributed by atoms with E-state index in [-0.39, 0.29) is 12.8 Å². The van der Waals surface area contributed by atoms with E-state index in [9.17, 15) is 22.8 Å². The second-order valence-corrected chi connectivity index (χ2v) is 4.70. The van der Waals surface area contributed by atoms with Crippen molar-refractivity contribution in [3.05, 3.63) is 0 Å². The van der Waals surface area contributed by atoms with Crippen LogP contribution in [-0.2, 0) is 9.59 Å². The zero-order chi connectivity index (χ0) is 14.6. The topological polar surface area (TPSA) is 86.6 Å². The summed E-state index contributed by atoms with van der Waals surface area (Å²) in [5.74, 6) is -4.38. The predicted molar refractivity (Wildman–Crippen MR) is 58.2 cm³/mol. The van der Waals surface area contributed by atoms with Gasteiger partial charge in [0.1, 0.15) is 0 Å². The maximum atomic E-state index is 12.5. The van der Waals surface area contributed by atoms with E-state index in [0.717, 1.165) is 0 Å². The molecule has 3 N–H and O–H groups in total. The minimum absolute atomic E-state index is 0.0189. The molecule has 1 amide bonds. The molecule has 110 valence electrons. The van der Waals surface area contributed by atoms with Crippen LogP contribution in [-0.4, -0.2) is 40.9 Å². The first-order valence-corrected chi connectivity index (χ1v) is 5.97. The molecule has 3 unspecified atom stereocenters. The Kier molecular flexibility index (Phi) is 5.16. The molecule has 1 fully saturated rings. The fraction of sp³-hybridized carbons (Fsp3) is 0.818. The van der Waals surface area contributed by atoms with E-state index in [1.807, 2.05) is 0 Å². The second-order valence-electron chi connectivity index (χ2n) is 4.70. The van der Waals surface area contributed by atoms with Crippen LogP contribution in [0.2, 0.25) is 0 Å². The zero-order valence-electron chi connectivity index (χ0n) is 10.1. The number of carbonyl (C=O) groups excluding carboxylic acids is 1. The third kappa shape index (κ3) is 4.70. The molecule has 0 heterocycles. The Morgan fingerprint density at radius 2 is 1.95 bits per heavy atom. The predicted octanol–water partition coefficient (Wildman–Crippen LogP) is 0.917. The summed E-state index contributed by atoms with van der Waals surface area (Å²) in [6.07, 6.45) is -5.65. The van der Waals surface area contributed by atoms with Crippen LogP contribution in [0.1, 0.15) is 25.7 Å². The van der Waals surface area contributed by atoms with E-state index in [1.165, 1.54) is 0 Å². The average molecular weight is 283 g/mol. The number of hydrogen-bond donors (Lipinski definition) is 3. The molecule has 0 bridgehead atoms. The molecular weight excluding hydrogens is 267 g/mol. The van der Waals surface area contributed by atoms with Crippen molar-refractivity contribution in [2.75, 3.05) is 6.54 Å². The molecule has 0 radical (unpaired) electrons. The molecule has 3 atom stereocenters. The maximum absolute atomic E-state index is 12.5. The molecule has 8 heteroatoms. The normalized spacial score (nSPS) is 25.7. The van der Waals surface area contributed by atoms with Gasteiger partial charge in [-0.3, -0.25) is 4.79 Å². The van der Waals surface area contributed by atoms with Crippen molar-refractivity contribution in [2.24, 2.45) is 11.8 Å². The second kappa shape index (κ2) is 6.23. The van der Waals surface area contributed by atoms with Gasteiger partial charge < -0.3 is 15.5 Å². The highest BCUT2D eigenvalue weighted by atomic mass is 19.4. The lowest BCUT2D eigenvalue weighted by molar-refractivity contribution is -0.186. The molecular formula is C11H16F3NO4. The summed E-state index contributed by atoms with van der Waals surface area (Å²) < 4.78 is 37.6. The molecule has 19 heavy (non-hydrogen) atoms. The van der Waals surface area contributed by atoms with Crippen LogP contribution >= 0.6 is 0 Å². The van der Waals surface area contributed by atoms with E-state index in [2.05, 4.69) is 5.32 Å². The van der Waals surface area contributed by atoms with E-state index in [4.69, 9.17) is 10.2 Å². The molecule has 0 saturated heterocycles. The van der Waals surface area contributed by atoms with Crippen molar-refractivity contribution in [3.8, 4) is 0 Å². The van der Waals surface area contributed by atoms with Crippen LogP contribution in [0.4, 0.5) is 13.2 Å². The molecule has 0 aromatic heterocycles. The molecule has 0 spiro atoms. The highest BCUT2D eigenvalue weighted by molar-refractivity contribution is 5.80. The molecule has 1 saturated carbocycles. The first kappa shape index (κ1) is 15.7. The number of aliphatic hydroxyl groups is 1. The lowest BCUT2D eigenvalue weighted by atomic mass is 9.80. The van der Waals surface area contributed by atoms with Gasteiger partial charge in [0.05, 0.1) is 12.5 Å². The van der Waals surface area contributed by atoms with Gasteiger partial charge in [-0.25, -0.2) is 4.79 Å². The van der Waals surface area contributed by atoms with Gasteiger partial charge in [0.25, 0.3) is 0 Å². The molecule has 0 aliphatic heterocycles. The maximum Gasteiger partial charge on any atom is 0.391 e. The first-order chi connectivity index (χ1) is 8.71. The Morgan fingerprint density at radius 1 is 1.32 bits per heavy atom. The Labute approximate surface area is 107 Å². The molecule has 1 rings (SSSR count). The monoisotopic (exact) mass is 283 g/mol. The van der Waals surface area contributed by atoms with Crippen LogP contribution in [0, 0.1) is 11.8 Å². The summed E-state index contributed by atoms with van der Waals surface area (Å²) >= 11 is 0. The quantitative estimate of drug-likeness (QED) is 0.716. The van der Waals surface area contributed by atoms with E-state index >= 15 is 0 Å². The fourth-order valence-corrected chi connectivity index (χ4v) is 2.15. The lowest BCUT2D eigenvalue weighted by Crippen LogP contribution is -2.41. The highest BCUT2D eigenvalue weighted by Crippen LogP contribution is 2.39. The number of amides is 1. The third-order valence-electron chi connectivity index (χ3n) is 3.26. The number of aliphatic hydroxyl groups excluding tert-OH is 1. The summed E-state index contributed by atoms with van der Waals surface area (Å²) in [5, 5.41) is 19.5.